The van der Waals surface area contributed by atoms with Gasteiger partial charge in [-0.25, -0.2) is 0 Å². The van der Waals surface area contributed by atoms with E-state index in [0.29, 0.717) is 5.92 Å². The van der Waals surface area contributed by atoms with Crippen LogP contribution in [0.5, 0.6) is 0 Å². The van der Waals surface area contributed by atoms with Gasteiger partial charge >= 0.3 is 0 Å². The number of rotatable bonds is 9. The Kier molecular flexibility index (Phi) is 10.4. The van der Waals surface area contributed by atoms with E-state index in [-0.39, 0.29) is 11.5 Å². The average Bonchev–Trinajstić information content (AvgIpc) is 2.96. The molecule has 1 aromatic carbocycles. The SMILES string of the molecule is C=C/C(=C\C(C=CC(C)NC(=C)C(C)(C)C)=CC1=C(C)/C=C\C=CC2CCC=CC2=C1)Nc1ccccc1. The first kappa shape index (κ1) is 28.8. The molecule has 2 atom stereocenters. The summed E-state index contributed by atoms with van der Waals surface area (Å²) in [5.74, 6) is 0.449. The Labute approximate surface area is 231 Å². The minimum absolute atomic E-state index is 0.00613. The van der Waals surface area contributed by atoms with Gasteiger partial charge in [-0.1, -0.05) is 107 Å². The smallest absolute Gasteiger partial charge is 0.0416 e. The van der Waals surface area contributed by atoms with E-state index < -0.39 is 0 Å². The number of allylic oxidation sites excluding steroid dienone is 16. The number of fused-ring (bicyclic) bond motifs is 1. The average molecular weight is 505 g/mol. The third-order valence-electron chi connectivity index (χ3n) is 6.77. The zero-order valence-electron chi connectivity index (χ0n) is 23.8. The van der Waals surface area contributed by atoms with Gasteiger partial charge in [0, 0.05) is 34.5 Å². The number of nitrogens with one attached hydrogen (secondary N) is 2. The normalized spacial score (nSPS) is 20.1. The third kappa shape index (κ3) is 8.95. The first-order valence-electron chi connectivity index (χ1n) is 13.6. The Morgan fingerprint density at radius 1 is 1.11 bits per heavy atom. The van der Waals surface area contributed by atoms with Crippen LogP contribution in [0, 0.1) is 11.3 Å². The van der Waals surface area contributed by atoms with Crippen LogP contribution >= 0.6 is 0 Å². The summed E-state index contributed by atoms with van der Waals surface area (Å²) >= 11 is 0. The second kappa shape index (κ2) is 13.7. The molecule has 0 radical (unpaired) electrons. The van der Waals surface area contributed by atoms with Crippen molar-refractivity contribution < 1.29 is 0 Å². The van der Waals surface area contributed by atoms with E-state index in [1.54, 1.807) is 0 Å². The summed E-state index contributed by atoms with van der Waals surface area (Å²) in [6, 6.07) is 10.3. The maximum atomic E-state index is 4.24. The zero-order chi connectivity index (χ0) is 27.5. The molecule has 2 aliphatic carbocycles. The van der Waals surface area contributed by atoms with Crippen LogP contribution in [0.25, 0.3) is 0 Å². The highest BCUT2D eigenvalue weighted by molar-refractivity contribution is 5.55. The fourth-order valence-corrected chi connectivity index (χ4v) is 4.22. The molecule has 0 saturated heterocycles. The second-order valence-electron chi connectivity index (χ2n) is 11.1. The van der Waals surface area contributed by atoms with Crippen molar-refractivity contribution >= 4 is 5.69 Å². The minimum Gasteiger partial charge on any atom is -0.382 e. The van der Waals surface area contributed by atoms with Gasteiger partial charge in [0.1, 0.15) is 0 Å². The molecule has 0 heterocycles. The van der Waals surface area contributed by atoms with Crippen LogP contribution in [-0.4, -0.2) is 6.04 Å². The standard InChI is InChI=1S/C36H44N2/c1-8-34(38-35-20-10-9-11-21-35)25-30(23-22-28(3)37-29(4)36(5,6)7)24-33-26-32-19-15-14-18-31(32)17-13-12-16-27(33)2/h8-13,15-17,19-26,28,31,37-38H,1,4,14,18H2,2-3,5-7H3/b16-12-,17-13?,23-22?,30-24?,32-26?,33-27?,34-25+. The van der Waals surface area contributed by atoms with Crippen LogP contribution in [0.2, 0.25) is 0 Å². The van der Waals surface area contributed by atoms with Crippen LogP contribution in [0.15, 0.2) is 150 Å². The summed E-state index contributed by atoms with van der Waals surface area (Å²) in [6.45, 7) is 19.2. The van der Waals surface area contributed by atoms with Crippen LogP contribution in [-0.2, 0) is 0 Å². The molecule has 0 saturated carbocycles. The zero-order valence-corrected chi connectivity index (χ0v) is 23.8. The summed E-state index contributed by atoms with van der Waals surface area (Å²) in [5, 5.41) is 7.04. The van der Waals surface area contributed by atoms with Gasteiger partial charge in [0.2, 0.25) is 0 Å². The third-order valence-corrected chi connectivity index (χ3v) is 6.77. The first-order chi connectivity index (χ1) is 18.2. The summed E-state index contributed by atoms with van der Waals surface area (Å²) in [7, 11) is 0. The van der Waals surface area contributed by atoms with E-state index in [0.717, 1.165) is 35.5 Å². The lowest BCUT2D eigenvalue weighted by molar-refractivity contribution is 0.453. The molecule has 2 aliphatic rings. The highest BCUT2D eigenvalue weighted by Gasteiger charge is 2.16. The van der Waals surface area contributed by atoms with Crippen molar-refractivity contribution in [3.8, 4) is 0 Å². The second-order valence-corrected chi connectivity index (χ2v) is 11.1. The molecule has 198 valence electrons. The molecule has 0 amide bonds. The summed E-state index contributed by atoms with van der Waals surface area (Å²) in [4.78, 5) is 0. The molecule has 0 aliphatic heterocycles. The number of hydrogen-bond donors (Lipinski definition) is 2. The Balaban J connectivity index is 2.03. The summed E-state index contributed by atoms with van der Waals surface area (Å²) in [6.07, 6.45) is 28.7. The van der Waals surface area contributed by atoms with Gasteiger partial charge in [-0.3, -0.25) is 0 Å². The molecule has 0 fully saturated rings. The molecule has 0 spiro atoms. The Bertz CT molecular complexity index is 1230. The van der Waals surface area contributed by atoms with Crippen molar-refractivity contribution in [1.82, 2.24) is 5.32 Å². The molecule has 3 rings (SSSR count). The van der Waals surface area contributed by atoms with Crippen LogP contribution in [0.3, 0.4) is 0 Å². The van der Waals surface area contributed by atoms with E-state index in [4.69, 9.17) is 0 Å². The Hall–Kier alpha value is -3.78. The predicted molar refractivity (Wildman–Crippen MR) is 168 cm³/mol. The van der Waals surface area contributed by atoms with Gasteiger partial charge in [0.25, 0.3) is 0 Å². The summed E-state index contributed by atoms with van der Waals surface area (Å²) in [5.41, 5.74) is 7.88. The van der Waals surface area contributed by atoms with E-state index in [9.17, 15) is 0 Å². The molecular formula is C36H44N2. The molecule has 2 unspecified atom stereocenters. The lowest BCUT2D eigenvalue weighted by Gasteiger charge is -2.25. The Morgan fingerprint density at radius 2 is 1.87 bits per heavy atom. The fourth-order valence-electron chi connectivity index (χ4n) is 4.22. The van der Waals surface area contributed by atoms with Crippen molar-refractivity contribution in [3.05, 3.63) is 150 Å². The van der Waals surface area contributed by atoms with Crippen molar-refractivity contribution in [2.24, 2.45) is 11.3 Å². The van der Waals surface area contributed by atoms with Gasteiger partial charge in [0.15, 0.2) is 0 Å². The molecule has 38 heavy (non-hydrogen) atoms. The maximum absolute atomic E-state index is 4.24. The molecular weight excluding hydrogens is 460 g/mol. The van der Waals surface area contributed by atoms with Gasteiger partial charge < -0.3 is 10.6 Å². The maximum Gasteiger partial charge on any atom is 0.0416 e. The summed E-state index contributed by atoms with van der Waals surface area (Å²) < 4.78 is 0. The van der Waals surface area contributed by atoms with Crippen molar-refractivity contribution in [1.29, 1.82) is 0 Å². The van der Waals surface area contributed by atoms with E-state index in [1.807, 2.05) is 24.3 Å². The monoisotopic (exact) mass is 504 g/mol. The fraction of sp³-hybridized carbons (Fsp3) is 0.278. The van der Waals surface area contributed by atoms with Gasteiger partial charge in [-0.15, -0.1) is 0 Å². The number of para-hydroxylation sites is 1. The molecule has 0 aromatic heterocycles. The predicted octanol–water partition coefficient (Wildman–Crippen LogP) is 9.52. The Morgan fingerprint density at radius 3 is 2.58 bits per heavy atom. The van der Waals surface area contributed by atoms with Gasteiger partial charge in [-0.05, 0) is 79.3 Å². The topological polar surface area (TPSA) is 24.1 Å². The quantitative estimate of drug-likeness (QED) is 0.327. The number of hydrogen-bond acceptors (Lipinski definition) is 2. The van der Waals surface area contributed by atoms with Crippen molar-refractivity contribution in [2.75, 3.05) is 5.32 Å². The van der Waals surface area contributed by atoms with Gasteiger partial charge in [0.05, 0.1) is 0 Å². The molecule has 1 aromatic rings. The minimum atomic E-state index is 0.00613. The van der Waals surface area contributed by atoms with Crippen molar-refractivity contribution in [3.63, 3.8) is 0 Å². The molecule has 2 N–H and O–H groups in total. The highest BCUT2D eigenvalue weighted by atomic mass is 14.9. The van der Waals surface area contributed by atoms with E-state index in [2.05, 4.69) is 137 Å². The van der Waals surface area contributed by atoms with Gasteiger partial charge in [-0.2, -0.15) is 0 Å². The van der Waals surface area contributed by atoms with Crippen molar-refractivity contribution in [2.45, 2.75) is 53.5 Å². The van der Waals surface area contributed by atoms with Crippen LogP contribution in [0.4, 0.5) is 5.69 Å². The lowest BCUT2D eigenvalue weighted by atomic mass is 9.87. The van der Waals surface area contributed by atoms with E-state index >= 15 is 0 Å². The lowest BCUT2D eigenvalue weighted by Crippen LogP contribution is -2.29. The number of benzene rings is 1. The molecule has 0 bridgehead atoms. The molecule has 2 nitrogen and oxygen atoms in total. The molecule has 2 heteroatoms. The largest absolute Gasteiger partial charge is 0.382 e. The number of anilines is 1. The first-order valence-corrected chi connectivity index (χ1v) is 13.6. The van der Waals surface area contributed by atoms with E-state index in [1.165, 1.54) is 16.7 Å². The highest BCUT2D eigenvalue weighted by Crippen LogP contribution is 2.29. The van der Waals surface area contributed by atoms with Crippen LogP contribution < -0.4 is 10.6 Å². The van der Waals surface area contributed by atoms with Crippen LogP contribution in [0.1, 0.15) is 47.5 Å².